The SMILES string of the molecule is CC(C)NC(=O)[C@@H](Cc1ccccc1)N(Cc1c(Cl)cccc1Cl)C(=O)CCCSc1ccc(Cl)cc1. The van der Waals surface area contributed by atoms with Crippen molar-refractivity contribution in [2.75, 3.05) is 5.75 Å². The Bertz CT molecular complexity index is 1150. The van der Waals surface area contributed by atoms with Crippen LogP contribution in [-0.4, -0.2) is 34.6 Å². The number of hydrogen-bond acceptors (Lipinski definition) is 3. The van der Waals surface area contributed by atoms with E-state index in [1.54, 1.807) is 34.9 Å². The Labute approximate surface area is 238 Å². The van der Waals surface area contributed by atoms with E-state index < -0.39 is 6.04 Å². The molecule has 0 aliphatic rings. The Morgan fingerprint density at radius 2 is 1.54 bits per heavy atom. The van der Waals surface area contributed by atoms with Crippen molar-refractivity contribution in [3.63, 3.8) is 0 Å². The zero-order valence-corrected chi connectivity index (χ0v) is 24.0. The number of nitrogens with one attached hydrogen (secondary N) is 1. The number of thioether (sulfide) groups is 1. The molecule has 0 fully saturated rings. The molecule has 0 saturated carbocycles. The predicted molar refractivity (Wildman–Crippen MR) is 156 cm³/mol. The second-order valence-electron chi connectivity index (χ2n) is 9.00. The molecule has 0 radical (unpaired) electrons. The van der Waals surface area contributed by atoms with Crippen molar-refractivity contribution in [2.24, 2.45) is 0 Å². The van der Waals surface area contributed by atoms with Crippen molar-refractivity contribution in [3.05, 3.63) is 99.0 Å². The molecule has 0 aliphatic carbocycles. The molecular weight excluding hydrogens is 547 g/mol. The first-order valence-electron chi connectivity index (χ1n) is 12.2. The van der Waals surface area contributed by atoms with Gasteiger partial charge < -0.3 is 10.2 Å². The first kappa shape index (κ1) is 29.4. The molecule has 0 aliphatic heterocycles. The second-order valence-corrected chi connectivity index (χ2v) is 11.4. The van der Waals surface area contributed by atoms with E-state index >= 15 is 0 Å². The number of amides is 2. The summed E-state index contributed by atoms with van der Waals surface area (Å²) in [6.07, 6.45) is 1.33. The third kappa shape index (κ3) is 9.26. The van der Waals surface area contributed by atoms with Crippen molar-refractivity contribution >= 4 is 58.4 Å². The van der Waals surface area contributed by atoms with E-state index in [1.165, 1.54) is 0 Å². The van der Waals surface area contributed by atoms with E-state index in [1.807, 2.05) is 68.4 Å². The maximum Gasteiger partial charge on any atom is 0.243 e. The Hall–Kier alpha value is -2.18. The summed E-state index contributed by atoms with van der Waals surface area (Å²) in [5, 5.41) is 4.61. The molecule has 1 atom stereocenters. The summed E-state index contributed by atoms with van der Waals surface area (Å²) in [6.45, 7) is 3.95. The maximum atomic E-state index is 13.7. The number of rotatable bonds is 12. The van der Waals surface area contributed by atoms with Crippen LogP contribution in [-0.2, 0) is 22.6 Å². The third-order valence-corrected chi connectivity index (χ3v) is 7.77. The third-order valence-electron chi connectivity index (χ3n) is 5.71. The van der Waals surface area contributed by atoms with E-state index in [2.05, 4.69) is 5.32 Å². The lowest BCUT2D eigenvalue weighted by atomic mass is 10.0. The summed E-state index contributed by atoms with van der Waals surface area (Å²) < 4.78 is 0. The Morgan fingerprint density at radius 1 is 0.892 bits per heavy atom. The molecule has 37 heavy (non-hydrogen) atoms. The fourth-order valence-corrected chi connectivity index (χ4v) is 5.37. The first-order valence-corrected chi connectivity index (χ1v) is 14.3. The highest BCUT2D eigenvalue weighted by molar-refractivity contribution is 7.99. The van der Waals surface area contributed by atoms with Gasteiger partial charge in [0.1, 0.15) is 6.04 Å². The number of carbonyl (C=O) groups is 2. The quantitative estimate of drug-likeness (QED) is 0.177. The van der Waals surface area contributed by atoms with Gasteiger partial charge in [0.25, 0.3) is 0 Å². The van der Waals surface area contributed by atoms with Gasteiger partial charge in [0.2, 0.25) is 11.8 Å². The highest BCUT2D eigenvalue weighted by atomic mass is 35.5. The van der Waals surface area contributed by atoms with Crippen LogP contribution >= 0.6 is 46.6 Å². The second kappa shape index (κ2) is 14.7. The molecular formula is C29H31Cl3N2O2S. The minimum atomic E-state index is -0.714. The van der Waals surface area contributed by atoms with Crippen molar-refractivity contribution in [3.8, 4) is 0 Å². The van der Waals surface area contributed by atoms with Crippen LogP contribution in [0.5, 0.6) is 0 Å². The topological polar surface area (TPSA) is 49.4 Å². The summed E-state index contributed by atoms with van der Waals surface area (Å²) in [5.74, 6) is 0.439. The van der Waals surface area contributed by atoms with Gasteiger partial charge in [-0.15, -0.1) is 11.8 Å². The molecule has 8 heteroatoms. The van der Waals surface area contributed by atoms with Crippen molar-refractivity contribution < 1.29 is 9.59 Å². The zero-order valence-electron chi connectivity index (χ0n) is 20.9. The first-order chi connectivity index (χ1) is 17.7. The molecule has 0 unspecified atom stereocenters. The Morgan fingerprint density at radius 3 is 2.16 bits per heavy atom. The van der Waals surface area contributed by atoms with Crippen LogP contribution in [0.2, 0.25) is 15.1 Å². The van der Waals surface area contributed by atoms with E-state index in [0.29, 0.717) is 39.9 Å². The van der Waals surface area contributed by atoms with Crippen LogP contribution in [0.15, 0.2) is 77.7 Å². The van der Waals surface area contributed by atoms with Crippen molar-refractivity contribution in [2.45, 2.75) is 56.6 Å². The van der Waals surface area contributed by atoms with Crippen molar-refractivity contribution in [1.29, 1.82) is 0 Å². The summed E-state index contributed by atoms with van der Waals surface area (Å²) >= 11 is 20.6. The van der Waals surface area contributed by atoms with Gasteiger partial charge in [0.15, 0.2) is 0 Å². The van der Waals surface area contributed by atoms with Gasteiger partial charge >= 0.3 is 0 Å². The normalized spacial score (nSPS) is 11.8. The number of hydrogen-bond donors (Lipinski definition) is 1. The molecule has 4 nitrogen and oxygen atoms in total. The van der Waals surface area contributed by atoms with Gasteiger partial charge in [-0.3, -0.25) is 9.59 Å². The lowest BCUT2D eigenvalue weighted by Gasteiger charge is -2.32. The standard InChI is InChI=1S/C29H31Cl3N2O2S/c1-20(2)33-29(36)27(18-21-8-4-3-5-9-21)34(19-24-25(31)10-6-11-26(24)32)28(35)12-7-17-37-23-15-13-22(30)14-16-23/h3-6,8-11,13-16,20,27H,7,12,17-19H2,1-2H3,(H,33,36)/t27-/m1/s1. The minimum Gasteiger partial charge on any atom is -0.352 e. The van der Waals surface area contributed by atoms with Crippen LogP contribution in [0.1, 0.15) is 37.8 Å². The summed E-state index contributed by atoms with van der Waals surface area (Å²) in [5.41, 5.74) is 1.60. The smallest absolute Gasteiger partial charge is 0.243 e. The predicted octanol–water partition coefficient (Wildman–Crippen LogP) is 7.68. The highest BCUT2D eigenvalue weighted by Gasteiger charge is 2.31. The van der Waals surface area contributed by atoms with Gasteiger partial charge in [0, 0.05) is 51.0 Å². The van der Waals surface area contributed by atoms with Crippen LogP contribution in [0.25, 0.3) is 0 Å². The number of carbonyl (C=O) groups excluding carboxylic acids is 2. The molecule has 1 N–H and O–H groups in total. The van der Waals surface area contributed by atoms with Gasteiger partial charge in [0.05, 0.1) is 0 Å². The lowest BCUT2D eigenvalue weighted by Crippen LogP contribution is -2.51. The molecule has 0 spiro atoms. The molecule has 0 aromatic heterocycles. The van der Waals surface area contributed by atoms with Crippen LogP contribution < -0.4 is 5.32 Å². The van der Waals surface area contributed by atoms with E-state index in [4.69, 9.17) is 34.8 Å². The fourth-order valence-electron chi connectivity index (χ4n) is 3.88. The molecule has 3 aromatic carbocycles. The van der Waals surface area contributed by atoms with Crippen LogP contribution in [0.3, 0.4) is 0 Å². The summed E-state index contributed by atoms with van der Waals surface area (Å²) in [7, 11) is 0. The van der Waals surface area contributed by atoms with Crippen LogP contribution in [0, 0.1) is 0 Å². The lowest BCUT2D eigenvalue weighted by molar-refractivity contribution is -0.141. The monoisotopic (exact) mass is 576 g/mol. The van der Waals surface area contributed by atoms with Gasteiger partial charge in [-0.2, -0.15) is 0 Å². The fraction of sp³-hybridized carbons (Fsp3) is 0.310. The highest BCUT2D eigenvalue weighted by Crippen LogP contribution is 2.28. The zero-order chi connectivity index (χ0) is 26.8. The Kier molecular flexibility index (Phi) is 11.7. The van der Waals surface area contributed by atoms with Gasteiger partial charge in [-0.05, 0) is 68.0 Å². The van der Waals surface area contributed by atoms with E-state index in [-0.39, 0.29) is 24.4 Å². The average molecular weight is 578 g/mol. The summed E-state index contributed by atoms with van der Waals surface area (Å²) in [6, 6.07) is 21.8. The molecule has 2 amide bonds. The molecule has 0 saturated heterocycles. The van der Waals surface area contributed by atoms with Gasteiger partial charge in [-0.1, -0.05) is 71.2 Å². The molecule has 3 rings (SSSR count). The molecule has 196 valence electrons. The van der Waals surface area contributed by atoms with E-state index in [0.717, 1.165) is 16.2 Å². The van der Waals surface area contributed by atoms with Crippen molar-refractivity contribution in [1.82, 2.24) is 10.2 Å². The maximum absolute atomic E-state index is 13.7. The minimum absolute atomic E-state index is 0.0672. The largest absolute Gasteiger partial charge is 0.352 e. The average Bonchev–Trinajstić information content (AvgIpc) is 2.86. The Balaban J connectivity index is 1.83. The molecule has 3 aromatic rings. The van der Waals surface area contributed by atoms with Crippen LogP contribution in [0.4, 0.5) is 0 Å². The number of benzene rings is 3. The number of halogens is 3. The summed E-state index contributed by atoms with van der Waals surface area (Å²) in [4.78, 5) is 29.8. The molecule has 0 heterocycles. The van der Waals surface area contributed by atoms with E-state index in [9.17, 15) is 9.59 Å². The molecule has 0 bridgehead atoms. The van der Waals surface area contributed by atoms with Gasteiger partial charge in [-0.25, -0.2) is 0 Å². The number of nitrogens with zero attached hydrogens (tertiary/aromatic N) is 1.